The molecule has 5 nitrogen and oxygen atoms in total. The number of H-pyrrole nitrogens is 1. The summed E-state index contributed by atoms with van der Waals surface area (Å²) in [5.41, 5.74) is 6.29. The number of halogens is 1. The van der Waals surface area contributed by atoms with Gasteiger partial charge in [0.2, 0.25) is 0 Å². The second-order valence-corrected chi connectivity index (χ2v) is 5.13. The van der Waals surface area contributed by atoms with Crippen LogP contribution >= 0.6 is 12.4 Å². The molecule has 1 fully saturated rings. The number of aromatic amines is 1. The number of nitrogens with two attached hydrogens (primary N) is 1. The van der Waals surface area contributed by atoms with Crippen LogP contribution in [0.15, 0.2) is 35.1 Å². The molecule has 112 valence electrons. The smallest absolute Gasteiger partial charge is 0.261 e. The van der Waals surface area contributed by atoms with E-state index in [2.05, 4.69) is 4.98 Å². The van der Waals surface area contributed by atoms with Crippen molar-refractivity contribution in [2.75, 3.05) is 13.1 Å². The van der Waals surface area contributed by atoms with Crippen molar-refractivity contribution < 1.29 is 4.79 Å². The van der Waals surface area contributed by atoms with E-state index >= 15 is 0 Å². The van der Waals surface area contributed by atoms with Crippen LogP contribution in [-0.4, -0.2) is 34.9 Å². The molecule has 1 aliphatic rings. The Morgan fingerprint density at radius 3 is 2.90 bits per heavy atom. The zero-order valence-electron chi connectivity index (χ0n) is 11.5. The SMILES string of the molecule is Cl.NCC1CCCN1C(=O)c1cc2ccccc2[nH]c1=O. The summed E-state index contributed by atoms with van der Waals surface area (Å²) in [6.07, 6.45) is 1.85. The van der Waals surface area contributed by atoms with Gasteiger partial charge < -0.3 is 15.6 Å². The van der Waals surface area contributed by atoms with Gasteiger partial charge in [-0.25, -0.2) is 0 Å². The lowest BCUT2D eigenvalue weighted by atomic mass is 10.1. The number of pyridine rings is 1. The highest BCUT2D eigenvalue weighted by Crippen LogP contribution is 2.19. The van der Waals surface area contributed by atoms with Gasteiger partial charge in [-0.05, 0) is 30.4 Å². The summed E-state index contributed by atoms with van der Waals surface area (Å²) in [5.74, 6) is -0.218. The molecule has 1 aromatic carbocycles. The third kappa shape index (κ3) is 2.80. The van der Waals surface area contributed by atoms with Gasteiger partial charge in [-0.1, -0.05) is 18.2 Å². The molecule has 0 spiro atoms. The van der Waals surface area contributed by atoms with E-state index in [4.69, 9.17) is 5.73 Å². The van der Waals surface area contributed by atoms with E-state index in [0.717, 1.165) is 23.7 Å². The Morgan fingerprint density at radius 1 is 1.38 bits per heavy atom. The van der Waals surface area contributed by atoms with E-state index in [0.29, 0.717) is 13.1 Å². The van der Waals surface area contributed by atoms with Crippen molar-refractivity contribution in [1.82, 2.24) is 9.88 Å². The molecule has 3 N–H and O–H groups in total. The molecule has 1 atom stereocenters. The number of hydrogen-bond donors (Lipinski definition) is 2. The summed E-state index contributed by atoms with van der Waals surface area (Å²) in [6.45, 7) is 1.12. The molecule has 3 rings (SSSR count). The van der Waals surface area contributed by atoms with Crippen molar-refractivity contribution in [3.05, 3.63) is 46.2 Å². The standard InChI is InChI=1S/C15H17N3O2.ClH/c16-9-11-5-3-7-18(11)15(20)12-8-10-4-1-2-6-13(10)17-14(12)19;/h1-2,4,6,8,11H,3,5,7,9,16H2,(H,17,19);1H. The average Bonchev–Trinajstić information content (AvgIpc) is 2.94. The van der Waals surface area contributed by atoms with E-state index in [1.807, 2.05) is 24.3 Å². The highest BCUT2D eigenvalue weighted by atomic mass is 35.5. The van der Waals surface area contributed by atoms with Crippen LogP contribution in [0.3, 0.4) is 0 Å². The fourth-order valence-electron chi connectivity index (χ4n) is 2.81. The topological polar surface area (TPSA) is 79.2 Å². The number of nitrogens with zero attached hydrogens (tertiary/aromatic N) is 1. The van der Waals surface area contributed by atoms with Crippen LogP contribution in [0, 0.1) is 0 Å². The largest absolute Gasteiger partial charge is 0.334 e. The maximum absolute atomic E-state index is 12.5. The summed E-state index contributed by atoms with van der Waals surface area (Å²) < 4.78 is 0. The minimum atomic E-state index is -0.337. The van der Waals surface area contributed by atoms with Crippen LogP contribution in [0.25, 0.3) is 10.9 Å². The summed E-state index contributed by atoms with van der Waals surface area (Å²) in [6, 6.07) is 9.16. The number of likely N-dealkylation sites (tertiary alicyclic amines) is 1. The van der Waals surface area contributed by atoms with Crippen molar-refractivity contribution in [3.63, 3.8) is 0 Å². The Bertz CT molecular complexity index is 713. The van der Waals surface area contributed by atoms with Crippen molar-refractivity contribution in [3.8, 4) is 0 Å². The first-order valence-corrected chi connectivity index (χ1v) is 6.84. The molecule has 0 saturated carbocycles. The summed E-state index contributed by atoms with van der Waals surface area (Å²) in [7, 11) is 0. The highest BCUT2D eigenvalue weighted by molar-refractivity contribution is 5.97. The van der Waals surface area contributed by atoms with Crippen LogP contribution in [0.2, 0.25) is 0 Å². The molecule has 0 bridgehead atoms. The van der Waals surface area contributed by atoms with Gasteiger partial charge >= 0.3 is 0 Å². The number of amides is 1. The van der Waals surface area contributed by atoms with E-state index in [1.54, 1.807) is 11.0 Å². The van der Waals surface area contributed by atoms with Gasteiger partial charge in [-0.2, -0.15) is 0 Å². The molecule has 0 radical (unpaired) electrons. The number of hydrogen-bond acceptors (Lipinski definition) is 3. The summed E-state index contributed by atoms with van der Waals surface area (Å²) in [4.78, 5) is 29.1. The number of carbonyl (C=O) groups is 1. The Balaban J connectivity index is 0.00000161. The fraction of sp³-hybridized carbons (Fsp3) is 0.333. The second-order valence-electron chi connectivity index (χ2n) is 5.13. The van der Waals surface area contributed by atoms with Gasteiger partial charge in [0.05, 0.1) is 0 Å². The Morgan fingerprint density at radius 2 is 2.14 bits per heavy atom. The number of fused-ring (bicyclic) bond motifs is 1. The number of para-hydroxylation sites is 1. The molecule has 1 unspecified atom stereocenters. The Hall–Kier alpha value is -1.85. The van der Waals surface area contributed by atoms with Crippen LogP contribution < -0.4 is 11.3 Å². The van der Waals surface area contributed by atoms with Crippen molar-refractivity contribution >= 4 is 29.2 Å². The van der Waals surface area contributed by atoms with Crippen LogP contribution in [0.1, 0.15) is 23.2 Å². The molecule has 0 aliphatic carbocycles. The molecule has 1 aliphatic heterocycles. The van der Waals surface area contributed by atoms with Gasteiger partial charge in [0.1, 0.15) is 5.56 Å². The third-order valence-corrected chi connectivity index (χ3v) is 3.89. The monoisotopic (exact) mass is 307 g/mol. The molecule has 2 heterocycles. The molecule has 21 heavy (non-hydrogen) atoms. The summed E-state index contributed by atoms with van der Waals surface area (Å²) >= 11 is 0. The maximum atomic E-state index is 12.5. The minimum Gasteiger partial charge on any atom is -0.334 e. The van der Waals surface area contributed by atoms with Crippen LogP contribution in [0.4, 0.5) is 0 Å². The first-order chi connectivity index (χ1) is 9.70. The van der Waals surface area contributed by atoms with E-state index in [-0.39, 0.29) is 35.5 Å². The van der Waals surface area contributed by atoms with Gasteiger partial charge in [0.15, 0.2) is 0 Å². The number of aromatic nitrogens is 1. The minimum absolute atomic E-state index is 0. The lowest BCUT2D eigenvalue weighted by molar-refractivity contribution is 0.0739. The number of nitrogens with one attached hydrogen (secondary N) is 1. The molecular weight excluding hydrogens is 290 g/mol. The predicted molar refractivity (Wildman–Crippen MR) is 84.9 cm³/mol. The van der Waals surface area contributed by atoms with Crippen LogP contribution in [-0.2, 0) is 0 Å². The van der Waals surface area contributed by atoms with Gasteiger partial charge in [0.25, 0.3) is 11.5 Å². The Kier molecular flexibility index (Phi) is 4.65. The average molecular weight is 308 g/mol. The van der Waals surface area contributed by atoms with Crippen molar-refractivity contribution in [2.24, 2.45) is 5.73 Å². The molecule has 1 amide bonds. The first-order valence-electron chi connectivity index (χ1n) is 6.84. The van der Waals surface area contributed by atoms with Gasteiger partial charge in [-0.3, -0.25) is 9.59 Å². The fourth-order valence-corrected chi connectivity index (χ4v) is 2.81. The van der Waals surface area contributed by atoms with Gasteiger partial charge in [0, 0.05) is 24.6 Å². The molecule has 1 saturated heterocycles. The molecule has 6 heteroatoms. The van der Waals surface area contributed by atoms with Gasteiger partial charge in [-0.15, -0.1) is 12.4 Å². The predicted octanol–water partition coefficient (Wildman–Crippen LogP) is 1.51. The third-order valence-electron chi connectivity index (χ3n) is 3.89. The molecule has 1 aromatic heterocycles. The highest BCUT2D eigenvalue weighted by Gasteiger charge is 2.29. The number of benzene rings is 1. The zero-order chi connectivity index (χ0) is 14.1. The second kappa shape index (κ2) is 6.28. The van der Waals surface area contributed by atoms with Crippen molar-refractivity contribution in [2.45, 2.75) is 18.9 Å². The number of carbonyl (C=O) groups excluding carboxylic acids is 1. The van der Waals surface area contributed by atoms with Crippen LogP contribution in [0.5, 0.6) is 0 Å². The van der Waals surface area contributed by atoms with E-state index in [1.165, 1.54) is 0 Å². The van der Waals surface area contributed by atoms with E-state index < -0.39 is 0 Å². The quantitative estimate of drug-likeness (QED) is 0.882. The van der Waals surface area contributed by atoms with Crippen molar-refractivity contribution in [1.29, 1.82) is 0 Å². The Labute approximate surface area is 128 Å². The lowest BCUT2D eigenvalue weighted by Crippen LogP contribution is -2.41. The summed E-state index contributed by atoms with van der Waals surface area (Å²) in [5, 5.41) is 0.860. The normalized spacial score (nSPS) is 17.8. The maximum Gasteiger partial charge on any atom is 0.261 e. The molecular formula is C15H18ClN3O2. The zero-order valence-corrected chi connectivity index (χ0v) is 12.4. The lowest BCUT2D eigenvalue weighted by Gasteiger charge is -2.23. The first kappa shape index (κ1) is 15.5. The van der Waals surface area contributed by atoms with E-state index in [9.17, 15) is 9.59 Å². The molecule has 2 aromatic rings. The number of rotatable bonds is 2.